The number of rotatable bonds is 4. The van der Waals surface area contributed by atoms with E-state index < -0.39 is 11.8 Å². The second-order valence-corrected chi connectivity index (χ2v) is 5.07. The summed E-state index contributed by atoms with van der Waals surface area (Å²) >= 11 is 0. The first-order valence-electron chi connectivity index (χ1n) is 6.82. The summed E-state index contributed by atoms with van der Waals surface area (Å²) in [6, 6.07) is 11.6. The molecule has 3 rings (SSSR count). The van der Waals surface area contributed by atoms with E-state index in [1.54, 1.807) is 6.07 Å². The smallest absolute Gasteiger partial charge is 0.337 e. The van der Waals surface area contributed by atoms with Gasteiger partial charge >= 0.3 is 5.97 Å². The predicted molar refractivity (Wildman–Crippen MR) is 76.8 cm³/mol. The average molecular weight is 286 g/mol. The van der Waals surface area contributed by atoms with Gasteiger partial charge in [-0.3, -0.25) is 0 Å². The summed E-state index contributed by atoms with van der Waals surface area (Å²) in [5.74, 6) is -0.263. The van der Waals surface area contributed by atoms with Crippen LogP contribution in [0.15, 0.2) is 42.5 Å². The number of methoxy groups -OCH3 is 1. The molecule has 108 valence electrons. The minimum atomic E-state index is -0.555. The van der Waals surface area contributed by atoms with Crippen LogP contribution in [0.2, 0.25) is 0 Å². The number of hydrogen-bond donors (Lipinski definition) is 0. The molecule has 0 unspecified atom stereocenters. The molecule has 3 nitrogen and oxygen atoms in total. The van der Waals surface area contributed by atoms with Gasteiger partial charge in [0.1, 0.15) is 11.6 Å². The lowest BCUT2D eigenvalue weighted by Crippen LogP contribution is -2.02. The number of esters is 1. The van der Waals surface area contributed by atoms with E-state index in [9.17, 15) is 9.18 Å². The quantitative estimate of drug-likeness (QED) is 0.801. The summed E-state index contributed by atoms with van der Waals surface area (Å²) in [7, 11) is 1.27. The Morgan fingerprint density at radius 2 is 1.95 bits per heavy atom. The molecule has 21 heavy (non-hydrogen) atoms. The highest BCUT2D eigenvalue weighted by atomic mass is 19.1. The van der Waals surface area contributed by atoms with E-state index in [4.69, 9.17) is 4.74 Å². The van der Waals surface area contributed by atoms with Crippen LogP contribution in [-0.2, 0) is 4.74 Å². The molecule has 0 heterocycles. The van der Waals surface area contributed by atoms with Crippen LogP contribution >= 0.6 is 0 Å². The van der Waals surface area contributed by atoms with Gasteiger partial charge in [0.05, 0.1) is 18.8 Å². The summed E-state index contributed by atoms with van der Waals surface area (Å²) < 4.78 is 24.1. The van der Waals surface area contributed by atoms with E-state index in [2.05, 4.69) is 4.74 Å². The van der Waals surface area contributed by atoms with Crippen molar-refractivity contribution in [3.63, 3.8) is 0 Å². The molecular weight excluding hydrogens is 271 g/mol. The molecule has 1 aliphatic carbocycles. The Balaban J connectivity index is 1.95. The third-order valence-corrected chi connectivity index (χ3v) is 3.31. The molecule has 4 heteroatoms. The zero-order chi connectivity index (χ0) is 14.8. The Kier molecular flexibility index (Phi) is 3.60. The monoisotopic (exact) mass is 286 g/mol. The second-order valence-electron chi connectivity index (χ2n) is 5.07. The molecule has 0 amide bonds. The number of halogens is 1. The van der Waals surface area contributed by atoms with Crippen LogP contribution in [-0.4, -0.2) is 19.2 Å². The van der Waals surface area contributed by atoms with Crippen LogP contribution in [0.3, 0.4) is 0 Å². The van der Waals surface area contributed by atoms with Gasteiger partial charge in [0.2, 0.25) is 0 Å². The Bertz CT molecular complexity index is 677. The third kappa shape index (κ3) is 3.21. The molecule has 0 atom stereocenters. The Labute approximate surface area is 122 Å². The molecule has 0 bridgehead atoms. The summed E-state index contributed by atoms with van der Waals surface area (Å²) in [6.07, 6.45) is 2.46. The van der Waals surface area contributed by atoms with Crippen LogP contribution in [0, 0.1) is 5.82 Å². The fourth-order valence-electron chi connectivity index (χ4n) is 2.12. The first-order chi connectivity index (χ1) is 10.2. The lowest BCUT2D eigenvalue weighted by Gasteiger charge is -2.08. The topological polar surface area (TPSA) is 35.5 Å². The van der Waals surface area contributed by atoms with Gasteiger partial charge in [0.15, 0.2) is 0 Å². The molecule has 0 aromatic heterocycles. The van der Waals surface area contributed by atoms with Crippen LogP contribution in [0.25, 0.3) is 11.1 Å². The molecule has 0 aliphatic heterocycles. The SMILES string of the molecule is COC(=O)c1cc(F)cc(-c2cccc(OC3CC3)c2)c1. The van der Waals surface area contributed by atoms with E-state index in [-0.39, 0.29) is 5.56 Å². The normalized spacial score (nSPS) is 13.8. The van der Waals surface area contributed by atoms with Gasteiger partial charge in [-0.15, -0.1) is 0 Å². The maximum atomic E-state index is 13.7. The summed E-state index contributed by atoms with van der Waals surface area (Å²) in [4.78, 5) is 11.6. The number of carbonyl (C=O) groups is 1. The Morgan fingerprint density at radius 1 is 1.14 bits per heavy atom. The van der Waals surface area contributed by atoms with Crippen LogP contribution in [0.5, 0.6) is 5.75 Å². The predicted octanol–water partition coefficient (Wildman–Crippen LogP) is 3.82. The Morgan fingerprint density at radius 3 is 2.67 bits per heavy atom. The molecule has 0 N–H and O–H groups in total. The third-order valence-electron chi connectivity index (χ3n) is 3.31. The molecular formula is C17H15FO3. The summed E-state index contributed by atoms with van der Waals surface area (Å²) in [6.45, 7) is 0. The minimum absolute atomic E-state index is 0.195. The Hall–Kier alpha value is -2.36. The molecule has 0 radical (unpaired) electrons. The van der Waals surface area contributed by atoms with Gasteiger partial charge in [-0.25, -0.2) is 9.18 Å². The summed E-state index contributed by atoms with van der Waals surface area (Å²) in [5, 5.41) is 0. The van der Waals surface area contributed by atoms with Crippen molar-refractivity contribution in [2.75, 3.05) is 7.11 Å². The highest BCUT2D eigenvalue weighted by Crippen LogP contribution is 2.30. The largest absolute Gasteiger partial charge is 0.490 e. The summed E-state index contributed by atoms with van der Waals surface area (Å²) in [5.41, 5.74) is 1.62. The van der Waals surface area contributed by atoms with Crippen molar-refractivity contribution in [1.82, 2.24) is 0 Å². The van der Waals surface area contributed by atoms with Crippen molar-refractivity contribution < 1.29 is 18.7 Å². The zero-order valence-corrected chi connectivity index (χ0v) is 11.6. The first-order valence-corrected chi connectivity index (χ1v) is 6.82. The fraction of sp³-hybridized carbons (Fsp3) is 0.235. The maximum Gasteiger partial charge on any atom is 0.337 e. The van der Waals surface area contributed by atoms with E-state index in [1.807, 2.05) is 24.3 Å². The highest BCUT2D eigenvalue weighted by molar-refractivity contribution is 5.91. The van der Waals surface area contributed by atoms with Gasteiger partial charge < -0.3 is 9.47 Å². The van der Waals surface area contributed by atoms with E-state index in [0.717, 1.165) is 24.2 Å². The van der Waals surface area contributed by atoms with Crippen molar-refractivity contribution >= 4 is 5.97 Å². The lowest BCUT2D eigenvalue weighted by atomic mass is 10.0. The molecule has 2 aromatic carbocycles. The first kappa shape index (κ1) is 13.6. The molecule has 2 aromatic rings. The van der Waals surface area contributed by atoms with Crippen molar-refractivity contribution in [1.29, 1.82) is 0 Å². The van der Waals surface area contributed by atoms with Gasteiger partial charge in [-0.05, 0) is 54.3 Å². The highest BCUT2D eigenvalue weighted by Gasteiger charge is 2.23. The maximum absolute atomic E-state index is 13.7. The van der Waals surface area contributed by atoms with E-state index >= 15 is 0 Å². The van der Waals surface area contributed by atoms with Crippen LogP contribution in [0.1, 0.15) is 23.2 Å². The van der Waals surface area contributed by atoms with Gasteiger partial charge in [0, 0.05) is 0 Å². The van der Waals surface area contributed by atoms with Crippen LogP contribution in [0.4, 0.5) is 4.39 Å². The molecule has 1 aliphatic rings. The number of ether oxygens (including phenoxy) is 2. The number of benzene rings is 2. The van der Waals surface area contributed by atoms with E-state index in [1.165, 1.54) is 19.2 Å². The zero-order valence-electron chi connectivity index (χ0n) is 11.6. The van der Waals surface area contributed by atoms with Gasteiger partial charge in [0.25, 0.3) is 0 Å². The lowest BCUT2D eigenvalue weighted by molar-refractivity contribution is 0.0600. The number of hydrogen-bond acceptors (Lipinski definition) is 3. The fourth-order valence-corrected chi connectivity index (χ4v) is 2.12. The number of carbonyl (C=O) groups excluding carboxylic acids is 1. The minimum Gasteiger partial charge on any atom is -0.490 e. The van der Waals surface area contributed by atoms with Gasteiger partial charge in [-0.2, -0.15) is 0 Å². The molecule has 1 saturated carbocycles. The average Bonchev–Trinajstić information content (AvgIpc) is 3.30. The molecule has 0 saturated heterocycles. The van der Waals surface area contributed by atoms with E-state index in [0.29, 0.717) is 11.7 Å². The molecule has 1 fully saturated rings. The molecule has 0 spiro atoms. The van der Waals surface area contributed by atoms with Crippen molar-refractivity contribution in [2.24, 2.45) is 0 Å². The van der Waals surface area contributed by atoms with Crippen molar-refractivity contribution in [3.8, 4) is 16.9 Å². The second kappa shape index (κ2) is 5.56. The van der Waals surface area contributed by atoms with Crippen LogP contribution < -0.4 is 4.74 Å². The van der Waals surface area contributed by atoms with Crippen molar-refractivity contribution in [2.45, 2.75) is 18.9 Å². The van der Waals surface area contributed by atoms with Crippen molar-refractivity contribution in [3.05, 3.63) is 53.8 Å². The van der Waals surface area contributed by atoms with Gasteiger partial charge in [-0.1, -0.05) is 12.1 Å². The standard InChI is InChI=1S/C17H15FO3/c1-20-17(19)13-7-12(8-14(18)9-13)11-3-2-4-16(10-11)21-15-5-6-15/h2-4,7-10,15H,5-6H2,1H3.